The molecule has 4 aliphatic rings. The number of para-hydroxylation sites is 2. The van der Waals surface area contributed by atoms with Gasteiger partial charge < -0.3 is 25.6 Å². The van der Waals surface area contributed by atoms with Crippen molar-refractivity contribution in [2.45, 2.75) is 77.9 Å². The first-order chi connectivity index (χ1) is 23.0. The van der Waals surface area contributed by atoms with Crippen LogP contribution in [0.2, 0.25) is 0 Å². The summed E-state index contributed by atoms with van der Waals surface area (Å²) in [5.41, 5.74) is 7.42. The number of nitrogens with two attached hydrogens (primary N) is 3. The summed E-state index contributed by atoms with van der Waals surface area (Å²) in [7, 11) is 0. The Hall–Kier alpha value is -3.90. The van der Waals surface area contributed by atoms with Crippen LogP contribution in [0.25, 0.3) is 21.8 Å². The number of hydrazine groups is 2. The highest BCUT2D eigenvalue weighted by Gasteiger charge is 2.27. The predicted octanol–water partition coefficient (Wildman–Crippen LogP) is 3.86. The number of benzene rings is 2. The Balaban J connectivity index is 0.000000156. The minimum Gasteiger partial charge on any atom is -0.346 e. The summed E-state index contributed by atoms with van der Waals surface area (Å²) >= 11 is 0. The van der Waals surface area contributed by atoms with E-state index in [0.717, 1.165) is 89.0 Å². The summed E-state index contributed by atoms with van der Waals surface area (Å²) in [6, 6.07) is 13.2. The molecule has 2 aromatic carbocycles. The Morgan fingerprint density at radius 3 is 2.00 bits per heavy atom. The van der Waals surface area contributed by atoms with Crippen LogP contribution < -0.4 is 28.2 Å². The number of hydrogen-bond donors (Lipinski definition) is 6. The van der Waals surface area contributed by atoms with Crippen LogP contribution in [0.15, 0.2) is 53.9 Å². The van der Waals surface area contributed by atoms with E-state index in [-0.39, 0.29) is 6.04 Å². The Kier molecular flexibility index (Phi) is 10.5. The van der Waals surface area contributed by atoms with Crippen LogP contribution in [-0.4, -0.2) is 69.6 Å². The monoisotopic (exact) mass is 639 g/mol. The zero-order valence-corrected chi connectivity index (χ0v) is 28.1. The molecule has 1 atom stereocenters. The molecule has 2 saturated heterocycles. The number of aromatic nitrogens is 2. The summed E-state index contributed by atoms with van der Waals surface area (Å²) in [5, 5.41) is 25.1. The number of amidine groups is 2. The van der Waals surface area contributed by atoms with Gasteiger partial charge in [-0.3, -0.25) is 15.4 Å². The molecule has 0 aliphatic carbocycles. The molecule has 8 rings (SSSR count). The van der Waals surface area contributed by atoms with Crippen molar-refractivity contribution in [2.24, 2.45) is 28.5 Å². The fraction of sp³-hybridized carbons (Fsp3) is 0.500. The number of hydrogen-bond acceptors (Lipinski definition) is 7. The molecule has 11 nitrogen and oxygen atoms in total. The van der Waals surface area contributed by atoms with Crippen LogP contribution in [0.4, 0.5) is 0 Å². The minimum absolute atomic E-state index is 0.244. The lowest BCUT2D eigenvalue weighted by Crippen LogP contribution is -2.47. The summed E-state index contributed by atoms with van der Waals surface area (Å²) in [5.74, 6) is 20.0. The molecule has 0 amide bonds. The average Bonchev–Trinajstić information content (AvgIpc) is 3.88. The second-order valence-electron chi connectivity index (χ2n) is 13.0. The molecule has 11 heteroatoms. The molecule has 6 heterocycles. The van der Waals surface area contributed by atoms with E-state index in [1.165, 1.54) is 45.8 Å². The van der Waals surface area contributed by atoms with E-state index in [1.807, 2.05) is 13.8 Å². The molecule has 1 unspecified atom stereocenters. The lowest BCUT2D eigenvalue weighted by molar-refractivity contribution is 0.286. The summed E-state index contributed by atoms with van der Waals surface area (Å²) in [6.45, 7) is 10.8. The van der Waals surface area contributed by atoms with Crippen molar-refractivity contribution in [2.75, 3.05) is 32.7 Å². The van der Waals surface area contributed by atoms with Gasteiger partial charge in [0.1, 0.15) is 5.84 Å². The van der Waals surface area contributed by atoms with Gasteiger partial charge in [0.05, 0.1) is 17.1 Å². The Bertz CT molecular complexity index is 1700. The third kappa shape index (κ3) is 6.62. The molecular weight excluding hydrogens is 586 g/mol. The Morgan fingerprint density at radius 1 is 0.851 bits per heavy atom. The summed E-state index contributed by atoms with van der Waals surface area (Å²) in [4.78, 5) is 0. The van der Waals surface area contributed by atoms with E-state index in [0.29, 0.717) is 17.6 Å². The molecule has 4 aliphatic heterocycles. The first-order valence-electron chi connectivity index (χ1n) is 17.6. The maximum atomic E-state index is 8.59. The predicted molar refractivity (Wildman–Crippen MR) is 193 cm³/mol. The summed E-state index contributed by atoms with van der Waals surface area (Å²) < 4.78 is 4.62. The molecule has 2 aromatic heterocycles. The van der Waals surface area contributed by atoms with Crippen molar-refractivity contribution in [3.05, 3.63) is 71.0 Å². The molecule has 4 aromatic rings. The van der Waals surface area contributed by atoms with Crippen LogP contribution >= 0.6 is 0 Å². The Morgan fingerprint density at radius 2 is 1.43 bits per heavy atom. The van der Waals surface area contributed by atoms with Gasteiger partial charge in [0.15, 0.2) is 5.84 Å². The highest BCUT2D eigenvalue weighted by atomic mass is 15.5. The van der Waals surface area contributed by atoms with Crippen molar-refractivity contribution >= 4 is 33.5 Å². The van der Waals surface area contributed by atoms with Crippen LogP contribution in [0, 0.1) is 11.3 Å². The molecule has 47 heavy (non-hydrogen) atoms. The quantitative estimate of drug-likeness (QED) is 0.0839. The number of nitrogens with zero attached hydrogens (tertiary/aromatic N) is 5. The average molecular weight is 640 g/mol. The summed E-state index contributed by atoms with van der Waals surface area (Å²) in [6.07, 6.45) is 12.2. The van der Waals surface area contributed by atoms with E-state index in [9.17, 15) is 0 Å². The van der Waals surface area contributed by atoms with Gasteiger partial charge >= 0.3 is 0 Å². The topological polar surface area (TPSA) is 155 Å². The third-order valence-corrected chi connectivity index (χ3v) is 10.1. The second kappa shape index (κ2) is 14.9. The van der Waals surface area contributed by atoms with Crippen LogP contribution in [0.1, 0.15) is 68.2 Å². The van der Waals surface area contributed by atoms with Crippen molar-refractivity contribution in [3.8, 4) is 0 Å². The van der Waals surface area contributed by atoms with Gasteiger partial charge in [-0.2, -0.15) is 5.10 Å². The Labute approximate surface area is 278 Å². The van der Waals surface area contributed by atoms with Crippen molar-refractivity contribution in [1.82, 2.24) is 29.8 Å². The number of rotatable bonds is 5. The van der Waals surface area contributed by atoms with Gasteiger partial charge in [0.25, 0.3) is 0 Å². The fourth-order valence-corrected chi connectivity index (χ4v) is 7.79. The van der Waals surface area contributed by atoms with Crippen molar-refractivity contribution < 1.29 is 0 Å². The van der Waals surface area contributed by atoms with Crippen molar-refractivity contribution in [3.63, 3.8) is 0 Å². The number of hydrazone groups is 1. The van der Waals surface area contributed by atoms with Gasteiger partial charge in [0, 0.05) is 60.5 Å². The molecule has 0 saturated carbocycles. The fourth-order valence-electron chi connectivity index (χ4n) is 7.79. The zero-order valence-electron chi connectivity index (χ0n) is 28.1. The number of aryl methyl sites for hydroxylation is 4. The van der Waals surface area contributed by atoms with Gasteiger partial charge in [-0.25, -0.2) is 11.7 Å². The first kappa shape index (κ1) is 33.0. The van der Waals surface area contributed by atoms with Crippen LogP contribution in [0.5, 0.6) is 0 Å². The van der Waals surface area contributed by atoms with Crippen LogP contribution in [0.3, 0.4) is 0 Å². The van der Waals surface area contributed by atoms with E-state index < -0.39 is 0 Å². The molecule has 2 fully saturated rings. The van der Waals surface area contributed by atoms with Gasteiger partial charge in [-0.15, -0.1) is 0 Å². The second-order valence-corrected chi connectivity index (χ2v) is 13.0. The van der Waals surface area contributed by atoms with E-state index in [1.54, 1.807) is 10.0 Å². The van der Waals surface area contributed by atoms with E-state index >= 15 is 0 Å². The highest BCUT2D eigenvalue weighted by molar-refractivity contribution is 6.10. The molecule has 0 bridgehead atoms. The number of nitrogens with one attached hydrogen (secondary N) is 3. The third-order valence-electron chi connectivity index (χ3n) is 10.1. The standard InChI is InChI=1S/C18H25N5.C16H22N6.C2H6/c19-18(23(20)11-13-6-8-21-9-7-13)16-12-22-10-2-4-14-3-1-5-15(16)17(14)22;17-20-16(22(18)12-6-7-19-9-12)14-10-21-8-2-4-11-3-1-5-13(14)15(11)21;1-2/h1,3,5,12-13,19,21H,2,4,6-11,20H2;1,3,5,10,12,19H,2,4,6-9,17-18H2;1-2H3/b;20-16-;. The lowest BCUT2D eigenvalue weighted by atomic mass is 9.97. The maximum absolute atomic E-state index is 8.59. The largest absolute Gasteiger partial charge is 0.346 e. The molecule has 0 spiro atoms. The molecular formula is C36H53N11. The van der Waals surface area contributed by atoms with Gasteiger partial charge in [-0.1, -0.05) is 50.2 Å². The zero-order chi connectivity index (χ0) is 32.9. The van der Waals surface area contributed by atoms with E-state index in [4.69, 9.17) is 22.9 Å². The SMILES string of the molecule is CC.N/N=C(/c1cn2c3c(cccc13)CCC2)N(N)C1CCNC1.N=C(c1cn2c3c(cccc13)CCC2)N(N)CC1CCNCC1. The van der Waals surface area contributed by atoms with Crippen LogP contribution in [-0.2, 0) is 25.9 Å². The van der Waals surface area contributed by atoms with Gasteiger partial charge in [0.2, 0.25) is 0 Å². The van der Waals surface area contributed by atoms with Gasteiger partial charge in [-0.05, 0) is 81.6 Å². The highest BCUT2D eigenvalue weighted by Crippen LogP contribution is 2.31. The first-order valence-corrected chi connectivity index (χ1v) is 17.6. The molecule has 9 N–H and O–H groups in total. The molecule has 0 radical (unpaired) electrons. The smallest absolute Gasteiger partial charge is 0.171 e. The minimum atomic E-state index is 0.244. The van der Waals surface area contributed by atoms with E-state index in [2.05, 4.69) is 73.7 Å². The number of piperidine rings is 1. The van der Waals surface area contributed by atoms with Crippen molar-refractivity contribution in [1.29, 1.82) is 5.41 Å². The lowest BCUT2D eigenvalue weighted by Gasteiger charge is -2.28. The normalized spacial score (nSPS) is 19.1. The maximum Gasteiger partial charge on any atom is 0.171 e. The molecule has 252 valence electrons.